The Labute approximate surface area is 236 Å². The fourth-order valence-corrected chi connectivity index (χ4v) is 7.79. The Morgan fingerprint density at radius 2 is 1.66 bits per heavy atom. The van der Waals surface area contributed by atoms with Gasteiger partial charge in [-0.15, -0.1) is 0 Å². The average molecular weight is 577 g/mol. The lowest BCUT2D eigenvalue weighted by molar-refractivity contribution is -0.143. The SMILES string of the molecule is C[C@H]1CN(C2CCC(C(=O)NCc3cc(C(F)(F)F)cc(C(F)(F)F)c3)(C3CC3)C2)CC[C@@]12C=Cc1ccccc12. The summed E-state index contributed by atoms with van der Waals surface area (Å²) in [5, 5.41) is 2.74. The number of hydrogen-bond donors (Lipinski definition) is 1. The van der Waals surface area contributed by atoms with Crippen LogP contribution in [0.5, 0.6) is 0 Å². The minimum atomic E-state index is -4.92. The highest BCUT2D eigenvalue weighted by molar-refractivity contribution is 5.84. The quantitative estimate of drug-likeness (QED) is 0.372. The second-order valence-electron chi connectivity index (χ2n) is 12.5. The maximum atomic E-state index is 13.6. The van der Waals surface area contributed by atoms with Crippen molar-refractivity contribution in [2.75, 3.05) is 13.1 Å². The number of alkyl halides is 6. The molecule has 2 saturated carbocycles. The fraction of sp³-hybridized carbons (Fsp3) is 0.531. The predicted octanol–water partition coefficient (Wildman–Crippen LogP) is 7.60. The molecule has 1 saturated heterocycles. The summed E-state index contributed by atoms with van der Waals surface area (Å²) >= 11 is 0. The molecule has 1 amide bonds. The Bertz CT molecular complexity index is 1330. The number of carbonyl (C=O) groups excluding carboxylic acids is 1. The molecule has 0 bridgehead atoms. The molecule has 3 nitrogen and oxygen atoms in total. The van der Waals surface area contributed by atoms with Crippen molar-refractivity contribution < 1.29 is 31.1 Å². The van der Waals surface area contributed by atoms with Crippen LogP contribution in [-0.4, -0.2) is 29.9 Å². The van der Waals surface area contributed by atoms with E-state index >= 15 is 0 Å². The van der Waals surface area contributed by atoms with Crippen LogP contribution in [0.4, 0.5) is 26.3 Å². The van der Waals surface area contributed by atoms with E-state index < -0.39 is 28.9 Å². The van der Waals surface area contributed by atoms with Crippen molar-refractivity contribution in [3.05, 3.63) is 76.4 Å². The second kappa shape index (κ2) is 9.89. The lowest BCUT2D eigenvalue weighted by atomic mass is 9.67. The third kappa shape index (κ3) is 5.08. The molecule has 3 aliphatic carbocycles. The monoisotopic (exact) mass is 576 g/mol. The van der Waals surface area contributed by atoms with Gasteiger partial charge in [0.1, 0.15) is 0 Å². The standard InChI is InChI=1S/C32H34F6N2O/c1-20-19-40(13-12-29(20)10-8-22-4-2-3-5-27(22)29)26-9-11-30(17-26,23-6-7-23)28(41)39-18-21-14-24(31(33,34)35)16-25(15-21)32(36,37)38/h2-5,8,10,14-16,20,23,26H,6-7,9,11-13,17-19H2,1H3,(H,39,41)/t20-,26?,29-,30?/m0/s1. The maximum absolute atomic E-state index is 13.6. The molecule has 2 unspecified atom stereocenters. The molecule has 1 spiro atoms. The smallest absolute Gasteiger partial charge is 0.352 e. The normalized spacial score (nSPS) is 30.1. The number of fused-ring (bicyclic) bond motifs is 2. The summed E-state index contributed by atoms with van der Waals surface area (Å²) in [6.07, 6.45) is -0.212. The number of nitrogens with zero attached hydrogens (tertiary/aromatic N) is 1. The van der Waals surface area contributed by atoms with Crippen molar-refractivity contribution in [3.63, 3.8) is 0 Å². The van der Waals surface area contributed by atoms with Gasteiger partial charge in [-0.05, 0) is 91.8 Å². The minimum absolute atomic E-state index is 0.0247. The molecule has 0 aromatic heterocycles. The molecule has 9 heteroatoms. The van der Waals surface area contributed by atoms with Crippen molar-refractivity contribution in [3.8, 4) is 0 Å². The van der Waals surface area contributed by atoms with Crippen molar-refractivity contribution in [2.45, 2.75) is 75.8 Å². The van der Waals surface area contributed by atoms with Crippen LogP contribution in [0.25, 0.3) is 6.08 Å². The van der Waals surface area contributed by atoms with Gasteiger partial charge in [0.05, 0.1) is 16.5 Å². The van der Waals surface area contributed by atoms with Gasteiger partial charge in [0.25, 0.3) is 0 Å². The van der Waals surface area contributed by atoms with E-state index in [0.717, 1.165) is 38.8 Å². The van der Waals surface area contributed by atoms with Crippen LogP contribution < -0.4 is 5.32 Å². The van der Waals surface area contributed by atoms with Crippen molar-refractivity contribution in [1.29, 1.82) is 0 Å². The van der Waals surface area contributed by atoms with Gasteiger partial charge in [-0.2, -0.15) is 26.3 Å². The third-order valence-corrected chi connectivity index (χ3v) is 10.2. The molecule has 1 N–H and O–H groups in total. The Morgan fingerprint density at radius 1 is 0.976 bits per heavy atom. The van der Waals surface area contributed by atoms with Crippen LogP contribution in [0.2, 0.25) is 0 Å². The van der Waals surface area contributed by atoms with Gasteiger partial charge >= 0.3 is 12.4 Å². The zero-order valence-corrected chi connectivity index (χ0v) is 22.9. The van der Waals surface area contributed by atoms with E-state index in [4.69, 9.17) is 0 Å². The summed E-state index contributed by atoms with van der Waals surface area (Å²) < 4.78 is 79.9. The molecule has 2 aromatic carbocycles. The van der Waals surface area contributed by atoms with E-state index in [1.54, 1.807) is 0 Å². The van der Waals surface area contributed by atoms with Crippen molar-refractivity contribution in [1.82, 2.24) is 10.2 Å². The zero-order chi connectivity index (χ0) is 29.2. The summed E-state index contributed by atoms with van der Waals surface area (Å²) in [6.45, 7) is 3.75. The Balaban J connectivity index is 1.15. The van der Waals surface area contributed by atoms with Gasteiger partial charge in [-0.25, -0.2) is 0 Å². The third-order valence-electron chi connectivity index (χ3n) is 10.2. The molecule has 2 aromatic rings. The Morgan fingerprint density at radius 3 is 2.29 bits per heavy atom. The molecule has 220 valence electrons. The molecule has 6 rings (SSSR count). The van der Waals surface area contributed by atoms with E-state index in [2.05, 4.69) is 53.6 Å². The van der Waals surface area contributed by atoms with Crippen LogP contribution >= 0.6 is 0 Å². The number of carbonyl (C=O) groups is 1. The van der Waals surface area contributed by atoms with Gasteiger partial charge in [0, 0.05) is 24.5 Å². The first-order valence-electron chi connectivity index (χ1n) is 14.4. The lowest BCUT2D eigenvalue weighted by Gasteiger charge is -2.46. The summed E-state index contributed by atoms with van der Waals surface area (Å²) in [7, 11) is 0. The molecule has 4 atom stereocenters. The molecule has 41 heavy (non-hydrogen) atoms. The average Bonchev–Trinajstić information content (AvgIpc) is 3.58. The first kappa shape index (κ1) is 28.3. The summed E-state index contributed by atoms with van der Waals surface area (Å²) in [5.41, 5.74) is -0.887. The van der Waals surface area contributed by atoms with Crippen LogP contribution in [0, 0.1) is 17.3 Å². The number of halogens is 6. The van der Waals surface area contributed by atoms with Gasteiger partial charge in [-0.3, -0.25) is 9.69 Å². The minimum Gasteiger partial charge on any atom is -0.352 e. The van der Waals surface area contributed by atoms with Gasteiger partial charge in [0.2, 0.25) is 5.91 Å². The molecule has 1 aliphatic heterocycles. The van der Waals surface area contributed by atoms with Crippen LogP contribution in [0.15, 0.2) is 48.5 Å². The topological polar surface area (TPSA) is 32.3 Å². The van der Waals surface area contributed by atoms with Gasteiger partial charge in [0.15, 0.2) is 0 Å². The van der Waals surface area contributed by atoms with E-state index in [1.165, 1.54) is 11.1 Å². The van der Waals surface area contributed by atoms with E-state index in [1.807, 2.05) is 0 Å². The molecule has 0 radical (unpaired) electrons. The molecular weight excluding hydrogens is 542 g/mol. The highest BCUT2D eigenvalue weighted by Crippen LogP contribution is 2.57. The number of piperidine rings is 1. The Kier molecular flexibility index (Phi) is 6.83. The number of likely N-dealkylation sites (tertiary alicyclic amines) is 1. The summed E-state index contributed by atoms with van der Waals surface area (Å²) in [6, 6.07) is 10.3. The lowest BCUT2D eigenvalue weighted by Crippen LogP contribution is -2.51. The number of amides is 1. The van der Waals surface area contributed by atoms with Crippen molar-refractivity contribution in [2.24, 2.45) is 17.3 Å². The fourth-order valence-electron chi connectivity index (χ4n) is 7.79. The first-order valence-corrected chi connectivity index (χ1v) is 14.4. The summed E-state index contributed by atoms with van der Waals surface area (Å²) in [5.74, 6) is 0.352. The van der Waals surface area contributed by atoms with Gasteiger partial charge in [-0.1, -0.05) is 43.3 Å². The molecular formula is C32H34F6N2O. The number of allylic oxidation sites excluding steroid dienone is 1. The molecule has 4 aliphatic rings. The molecule has 3 fully saturated rings. The maximum Gasteiger partial charge on any atom is 0.416 e. The highest BCUT2D eigenvalue weighted by atomic mass is 19.4. The van der Waals surface area contributed by atoms with Crippen LogP contribution in [0.3, 0.4) is 0 Å². The van der Waals surface area contributed by atoms with Gasteiger partial charge < -0.3 is 5.32 Å². The summed E-state index contributed by atoms with van der Waals surface area (Å²) in [4.78, 5) is 16.1. The van der Waals surface area contributed by atoms with Crippen LogP contribution in [0.1, 0.15) is 73.3 Å². The molecule has 1 heterocycles. The highest BCUT2D eigenvalue weighted by Gasteiger charge is 2.56. The number of rotatable bonds is 5. The second-order valence-corrected chi connectivity index (χ2v) is 12.5. The van der Waals surface area contributed by atoms with E-state index in [0.29, 0.717) is 30.9 Å². The van der Waals surface area contributed by atoms with E-state index in [9.17, 15) is 31.1 Å². The number of nitrogens with one attached hydrogen (secondary N) is 1. The van der Waals surface area contributed by atoms with Crippen LogP contribution in [-0.2, 0) is 29.1 Å². The predicted molar refractivity (Wildman–Crippen MR) is 144 cm³/mol. The first-order chi connectivity index (χ1) is 19.3. The zero-order valence-electron chi connectivity index (χ0n) is 22.9. The van der Waals surface area contributed by atoms with E-state index in [-0.39, 0.29) is 41.5 Å². The number of hydrogen-bond acceptors (Lipinski definition) is 2. The Hall–Kier alpha value is -2.81. The largest absolute Gasteiger partial charge is 0.416 e. The van der Waals surface area contributed by atoms with Crippen molar-refractivity contribution >= 4 is 12.0 Å². The number of benzene rings is 2.